The molecule has 74 valence electrons. The Morgan fingerprint density at radius 2 is 2.50 bits per heavy atom. The smallest absolute Gasteiger partial charge is 0.215 e. The van der Waals surface area contributed by atoms with Crippen molar-refractivity contribution in [3.8, 4) is 0 Å². The number of thiocarbonyl (C=S) groups is 1. The molecule has 2 N–H and O–H groups in total. The maximum atomic E-state index is 11.3. The maximum Gasteiger partial charge on any atom is 0.215 e. The molecule has 1 aromatic rings. The van der Waals surface area contributed by atoms with Crippen LogP contribution in [0.15, 0.2) is 22.6 Å². The quantitative estimate of drug-likeness (QED) is 0.350. The van der Waals surface area contributed by atoms with Gasteiger partial charge >= 0.3 is 0 Å². The van der Waals surface area contributed by atoms with Gasteiger partial charge in [0.15, 0.2) is 5.11 Å². The number of ketones is 1. The lowest BCUT2D eigenvalue weighted by Crippen LogP contribution is -2.28. The number of carbonyl (C=O) groups is 1. The number of Topliss-reactive ketones (excluding diaryl/α,β-unsaturated/α-hetero) is 1. The molecule has 6 heteroatoms. The average Bonchev–Trinajstić information content (AvgIpc) is 2.70. The molecule has 0 saturated heterocycles. The highest BCUT2D eigenvalue weighted by molar-refractivity contribution is 7.80. The summed E-state index contributed by atoms with van der Waals surface area (Å²) in [4.78, 5) is 12.0. The van der Waals surface area contributed by atoms with Gasteiger partial charge in [0.2, 0.25) is 5.78 Å². The van der Waals surface area contributed by atoms with Gasteiger partial charge < -0.3 is 5.32 Å². The number of rotatable bonds is 3. The van der Waals surface area contributed by atoms with E-state index in [2.05, 4.69) is 15.8 Å². The Morgan fingerprint density at radius 3 is 3.07 bits per heavy atom. The summed E-state index contributed by atoms with van der Waals surface area (Å²) in [5.41, 5.74) is 2.50. The predicted molar refractivity (Wildman–Crippen MR) is 61.9 cm³/mol. The van der Waals surface area contributed by atoms with Crippen LogP contribution in [0.3, 0.4) is 0 Å². The zero-order valence-electron chi connectivity index (χ0n) is 7.48. The zero-order valence-corrected chi connectivity index (χ0v) is 9.11. The molecule has 4 nitrogen and oxygen atoms in total. The Morgan fingerprint density at radius 1 is 1.71 bits per heavy atom. The van der Waals surface area contributed by atoms with Gasteiger partial charge in [0.1, 0.15) is 0 Å². The van der Waals surface area contributed by atoms with Crippen LogP contribution in [0.25, 0.3) is 0 Å². The van der Waals surface area contributed by atoms with E-state index in [0.717, 1.165) is 0 Å². The van der Waals surface area contributed by atoms with Gasteiger partial charge in [0.05, 0.1) is 11.1 Å². The lowest BCUT2D eigenvalue weighted by Gasteiger charge is -1.98. The average molecular weight is 227 g/mol. The van der Waals surface area contributed by atoms with Crippen LogP contribution in [0.4, 0.5) is 0 Å². The fourth-order valence-electron chi connectivity index (χ4n) is 0.688. The van der Waals surface area contributed by atoms with Crippen molar-refractivity contribution in [2.24, 2.45) is 5.10 Å². The van der Waals surface area contributed by atoms with Crippen molar-refractivity contribution in [1.29, 1.82) is 0 Å². The lowest BCUT2D eigenvalue weighted by molar-refractivity contribution is 0.107. The Labute approximate surface area is 91.0 Å². The van der Waals surface area contributed by atoms with Crippen molar-refractivity contribution in [2.75, 3.05) is 7.05 Å². The van der Waals surface area contributed by atoms with Crippen molar-refractivity contribution in [3.05, 3.63) is 22.4 Å². The molecule has 0 saturated carbocycles. The summed E-state index contributed by atoms with van der Waals surface area (Å²) in [6.45, 7) is 0. The first-order valence-corrected chi connectivity index (χ1v) is 5.11. The molecule has 0 bridgehead atoms. The molecule has 0 spiro atoms. The third-order valence-corrected chi connectivity index (χ3v) is 2.52. The van der Waals surface area contributed by atoms with E-state index in [0.29, 0.717) is 9.99 Å². The van der Waals surface area contributed by atoms with Crippen LogP contribution >= 0.6 is 23.6 Å². The predicted octanol–water partition coefficient (Wildman–Crippen LogP) is 1.01. The van der Waals surface area contributed by atoms with Crippen molar-refractivity contribution in [3.63, 3.8) is 0 Å². The molecule has 1 rings (SSSR count). The van der Waals surface area contributed by atoms with Gasteiger partial charge in [-0.25, -0.2) is 0 Å². The Hall–Kier alpha value is -1.27. The standard InChI is InChI=1S/C8H9N3OS2/c1-9-8(13)11-10-5-6(12)7-3-2-4-14-7/h2-5H,1H3,(H2,9,11,13)/b10-5+. The number of hydrogen-bond acceptors (Lipinski definition) is 4. The molecule has 0 amide bonds. The second-order valence-corrected chi connectivity index (χ2v) is 3.65. The number of thiophene rings is 1. The first-order valence-electron chi connectivity index (χ1n) is 3.82. The van der Waals surface area contributed by atoms with Gasteiger partial charge in [0.25, 0.3) is 0 Å². The number of nitrogens with one attached hydrogen (secondary N) is 2. The topological polar surface area (TPSA) is 53.5 Å². The monoisotopic (exact) mass is 227 g/mol. The Bertz CT molecular complexity index is 345. The second-order valence-electron chi connectivity index (χ2n) is 2.29. The van der Waals surface area contributed by atoms with E-state index < -0.39 is 0 Å². The summed E-state index contributed by atoms with van der Waals surface area (Å²) in [6.07, 6.45) is 1.20. The van der Waals surface area contributed by atoms with E-state index in [-0.39, 0.29) is 5.78 Å². The van der Waals surface area contributed by atoms with Crippen LogP contribution in [0.2, 0.25) is 0 Å². The van der Waals surface area contributed by atoms with Gasteiger partial charge in [-0.3, -0.25) is 10.2 Å². The van der Waals surface area contributed by atoms with E-state index in [1.54, 1.807) is 13.1 Å². The minimum Gasteiger partial charge on any atom is -0.364 e. The molecule has 0 radical (unpaired) electrons. The van der Waals surface area contributed by atoms with Gasteiger partial charge in [0, 0.05) is 7.05 Å². The van der Waals surface area contributed by atoms with E-state index in [1.807, 2.05) is 11.4 Å². The van der Waals surface area contributed by atoms with Crippen molar-refractivity contribution in [1.82, 2.24) is 10.7 Å². The van der Waals surface area contributed by atoms with E-state index in [4.69, 9.17) is 12.2 Å². The molecule has 1 aromatic heterocycles. The second kappa shape index (κ2) is 5.46. The molecule has 14 heavy (non-hydrogen) atoms. The summed E-state index contributed by atoms with van der Waals surface area (Å²) in [6, 6.07) is 3.56. The zero-order chi connectivity index (χ0) is 10.4. The highest BCUT2D eigenvalue weighted by Crippen LogP contribution is 2.07. The van der Waals surface area contributed by atoms with E-state index >= 15 is 0 Å². The maximum absolute atomic E-state index is 11.3. The van der Waals surface area contributed by atoms with Crippen LogP contribution < -0.4 is 10.7 Å². The molecule has 0 aliphatic rings. The van der Waals surface area contributed by atoms with E-state index in [1.165, 1.54) is 17.6 Å². The highest BCUT2D eigenvalue weighted by atomic mass is 32.1. The Balaban J connectivity index is 2.45. The Kier molecular flexibility index (Phi) is 4.21. The van der Waals surface area contributed by atoms with Crippen LogP contribution in [-0.4, -0.2) is 24.2 Å². The molecule has 0 aliphatic heterocycles. The van der Waals surface area contributed by atoms with Gasteiger partial charge in [-0.15, -0.1) is 11.3 Å². The minimum atomic E-state index is -0.133. The summed E-state index contributed by atoms with van der Waals surface area (Å²) in [7, 11) is 1.67. The van der Waals surface area contributed by atoms with Crippen molar-refractivity contribution < 1.29 is 4.79 Å². The number of nitrogens with zero attached hydrogens (tertiary/aromatic N) is 1. The molecule has 1 heterocycles. The SMILES string of the molecule is CNC(=S)N/N=C/C(=O)c1cccs1. The number of carbonyl (C=O) groups excluding carboxylic acids is 1. The number of hydrazone groups is 1. The normalized spacial score (nSPS) is 10.1. The first-order chi connectivity index (χ1) is 6.74. The third kappa shape index (κ3) is 3.23. The number of hydrogen-bond donors (Lipinski definition) is 2. The summed E-state index contributed by atoms with van der Waals surface area (Å²) in [5, 5.41) is 8.56. The minimum absolute atomic E-state index is 0.133. The van der Waals surface area contributed by atoms with Crippen LogP contribution in [0.5, 0.6) is 0 Å². The molecule has 0 fully saturated rings. The first kappa shape index (κ1) is 10.8. The third-order valence-electron chi connectivity index (χ3n) is 1.34. The molecular formula is C8H9N3OS2. The van der Waals surface area contributed by atoms with Gasteiger partial charge in [-0.05, 0) is 23.7 Å². The van der Waals surface area contributed by atoms with Crippen molar-refractivity contribution in [2.45, 2.75) is 0 Å². The van der Waals surface area contributed by atoms with Gasteiger partial charge in [-0.2, -0.15) is 5.10 Å². The fraction of sp³-hybridized carbons (Fsp3) is 0.125. The lowest BCUT2D eigenvalue weighted by atomic mass is 10.3. The van der Waals surface area contributed by atoms with Crippen LogP contribution in [-0.2, 0) is 0 Å². The van der Waals surface area contributed by atoms with E-state index in [9.17, 15) is 4.79 Å². The fourth-order valence-corrected chi connectivity index (χ4v) is 1.37. The molecular weight excluding hydrogens is 218 g/mol. The highest BCUT2D eigenvalue weighted by Gasteiger charge is 2.01. The van der Waals surface area contributed by atoms with Gasteiger partial charge in [-0.1, -0.05) is 6.07 Å². The summed E-state index contributed by atoms with van der Waals surface area (Å²) < 4.78 is 0. The van der Waals surface area contributed by atoms with Crippen LogP contribution in [0.1, 0.15) is 9.67 Å². The van der Waals surface area contributed by atoms with Crippen molar-refractivity contribution >= 4 is 40.7 Å². The summed E-state index contributed by atoms with van der Waals surface area (Å²) in [5.74, 6) is -0.133. The largest absolute Gasteiger partial charge is 0.364 e. The molecule has 0 atom stereocenters. The molecule has 0 unspecified atom stereocenters. The summed E-state index contributed by atoms with van der Waals surface area (Å²) >= 11 is 6.14. The molecule has 0 aliphatic carbocycles. The molecule has 0 aromatic carbocycles. The van der Waals surface area contributed by atoms with Crippen LogP contribution in [0, 0.1) is 0 Å².